The van der Waals surface area contributed by atoms with Gasteiger partial charge in [0.05, 0.1) is 23.1 Å². The minimum Gasteiger partial charge on any atom is -0.504 e. The van der Waals surface area contributed by atoms with Gasteiger partial charge in [0.1, 0.15) is 5.82 Å². The molecule has 4 nitrogen and oxygen atoms in total. The SMILES string of the molecule is COc1cc(Cl)c(F)c(C2(C(=O)O)CCCC2)c1O. The first-order valence-corrected chi connectivity index (χ1v) is 6.30. The van der Waals surface area contributed by atoms with E-state index in [9.17, 15) is 19.4 Å². The molecular weight excluding hydrogens is 275 g/mol. The fourth-order valence-electron chi connectivity index (χ4n) is 2.74. The van der Waals surface area contributed by atoms with Crippen molar-refractivity contribution in [3.05, 3.63) is 22.5 Å². The predicted octanol–water partition coefficient (Wildman–Crippen LogP) is 3.09. The maximum absolute atomic E-state index is 14.2. The van der Waals surface area contributed by atoms with Gasteiger partial charge in [0.25, 0.3) is 0 Å². The molecule has 6 heteroatoms. The molecule has 0 unspecified atom stereocenters. The van der Waals surface area contributed by atoms with Crippen molar-refractivity contribution >= 4 is 17.6 Å². The fraction of sp³-hybridized carbons (Fsp3) is 0.462. The third kappa shape index (κ3) is 2.02. The fourth-order valence-corrected chi connectivity index (χ4v) is 2.93. The van der Waals surface area contributed by atoms with E-state index in [-0.39, 0.29) is 29.2 Å². The molecule has 0 aromatic heterocycles. The second-order valence-corrected chi connectivity index (χ2v) is 5.10. The van der Waals surface area contributed by atoms with Crippen molar-refractivity contribution in [3.8, 4) is 11.5 Å². The summed E-state index contributed by atoms with van der Waals surface area (Å²) >= 11 is 5.76. The average Bonchev–Trinajstić information content (AvgIpc) is 2.84. The van der Waals surface area contributed by atoms with E-state index in [0.29, 0.717) is 12.8 Å². The number of phenols is 1. The van der Waals surface area contributed by atoms with Gasteiger partial charge in [-0.1, -0.05) is 24.4 Å². The Morgan fingerprint density at radius 1 is 1.47 bits per heavy atom. The Labute approximate surface area is 114 Å². The Morgan fingerprint density at radius 2 is 2.05 bits per heavy atom. The van der Waals surface area contributed by atoms with Crippen molar-refractivity contribution in [2.24, 2.45) is 0 Å². The molecule has 0 radical (unpaired) electrons. The van der Waals surface area contributed by atoms with E-state index in [4.69, 9.17) is 16.3 Å². The first kappa shape index (κ1) is 13.9. The smallest absolute Gasteiger partial charge is 0.314 e. The lowest BCUT2D eigenvalue weighted by atomic mass is 9.78. The van der Waals surface area contributed by atoms with Gasteiger partial charge in [-0.2, -0.15) is 0 Å². The van der Waals surface area contributed by atoms with Crippen LogP contribution < -0.4 is 4.74 Å². The minimum atomic E-state index is -1.42. The van der Waals surface area contributed by atoms with Crippen molar-refractivity contribution < 1.29 is 24.1 Å². The maximum Gasteiger partial charge on any atom is 0.314 e. The molecule has 0 heterocycles. The summed E-state index contributed by atoms with van der Waals surface area (Å²) in [6, 6.07) is 1.14. The topological polar surface area (TPSA) is 66.8 Å². The summed E-state index contributed by atoms with van der Waals surface area (Å²) in [5.74, 6) is -2.53. The van der Waals surface area contributed by atoms with Crippen LogP contribution in [-0.4, -0.2) is 23.3 Å². The number of hydrogen-bond acceptors (Lipinski definition) is 3. The average molecular weight is 289 g/mol. The molecule has 19 heavy (non-hydrogen) atoms. The van der Waals surface area contributed by atoms with Gasteiger partial charge in [-0.05, 0) is 12.8 Å². The first-order valence-electron chi connectivity index (χ1n) is 5.93. The van der Waals surface area contributed by atoms with E-state index >= 15 is 0 Å². The third-order valence-electron chi connectivity index (χ3n) is 3.72. The molecule has 1 aliphatic carbocycles. The van der Waals surface area contributed by atoms with Gasteiger partial charge < -0.3 is 14.9 Å². The zero-order valence-corrected chi connectivity index (χ0v) is 11.1. The summed E-state index contributed by atoms with van der Waals surface area (Å²) < 4.78 is 19.1. The van der Waals surface area contributed by atoms with Crippen LogP contribution >= 0.6 is 11.6 Å². The largest absolute Gasteiger partial charge is 0.504 e. The summed E-state index contributed by atoms with van der Waals surface area (Å²) in [4.78, 5) is 11.6. The van der Waals surface area contributed by atoms with Crippen LogP contribution in [0, 0.1) is 5.82 Å². The van der Waals surface area contributed by atoms with Crippen LogP contribution in [0.3, 0.4) is 0 Å². The monoisotopic (exact) mass is 288 g/mol. The predicted molar refractivity (Wildman–Crippen MR) is 67.4 cm³/mol. The second-order valence-electron chi connectivity index (χ2n) is 4.69. The highest BCUT2D eigenvalue weighted by molar-refractivity contribution is 6.31. The molecule has 0 spiro atoms. The Hall–Kier alpha value is -1.49. The maximum atomic E-state index is 14.2. The lowest BCUT2D eigenvalue weighted by Gasteiger charge is -2.26. The van der Waals surface area contributed by atoms with E-state index in [2.05, 4.69) is 0 Å². The summed E-state index contributed by atoms with van der Waals surface area (Å²) in [5.41, 5.74) is -1.69. The van der Waals surface area contributed by atoms with E-state index in [1.807, 2.05) is 0 Å². The number of benzene rings is 1. The molecular formula is C13H14ClFO4. The van der Waals surface area contributed by atoms with Crippen LogP contribution in [0.5, 0.6) is 11.5 Å². The van der Waals surface area contributed by atoms with E-state index in [0.717, 1.165) is 6.07 Å². The van der Waals surface area contributed by atoms with Crippen LogP contribution in [0.2, 0.25) is 5.02 Å². The lowest BCUT2D eigenvalue weighted by Crippen LogP contribution is -2.34. The molecule has 2 N–H and O–H groups in total. The highest BCUT2D eigenvalue weighted by atomic mass is 35.5. The normalized spacial score (nSPS) is 17.4. The van der Waals surface area contributed by atoms with Crippen molar-refractivity contribution in [1.82, 2.24) is 0 Å². The minimum absolute atomic E-state index is 0.0195. The van der Waals surface area contributed by atoms with Gasteiger partial charge in [0.2, 0.25) is 0 Å². The highest BCUT2D eigenvalue weighted by Gasteiger charge is 2.47. The first-order chi connectivity index (χ1) is 8.94. The highest BCUT2D eigenvalue weighted by Crippen LogP contribution is 2.50. The number of aliphatic carboxylic acids is 1. The van der Waals surface area contributed by atoms with Crippen molar-refractivity contribution in [1.29, 1.82) is 0 Å². The number of carboxylic acids is 1. The van der Waals surface area contributed by atoms with Gasteiger partial charge in [-0.15, -0.1) is 0 Å². The van der Waals surface area contributed by atoms with E-state index in [1.54, 1.807) is 0 Å². The van der Waals surface area contributed by atoms with Gasteiger partial charge in [0, 0.05) is 6.07 Å². The molecule has 1 fully saturated rings. The Morgan fingerprint density at radius 3 is 2.53 bits per heavy atom. The molecule has 1 aliphatic rings. The standard InChI is InChI=1S/C13H14ClFO4/c1-19-8-6-7(14)10(15)9(11(8)16)13(12(17)18)4-2-3-5-13/h6,16H,2-5H2,1H3,(H,17,18). The molecule has 0 aliphatic heterocycles. The number of rotatable bonds is 3. The molecule has 1 aromatic carbocycles. The molecule has 1 aromatic rings. The Bertz CT molecular complexity index is 524. The second kappa shape index (κ2) is 4.89. The number of methoxy groups -OCH3 is 1. The van der Waals surface area contributed by atoms with Crippen molar-refractivity contribution in [3.63, 3.8) is 0 Å². The third-order valence-corrected chi connectivity index (χ3v) is 4.00. The number of hydrogen-bond donors (Lipinski definition) is 2. The molecule has 0 atom stereocenters. The Balaban J connectivity index is 2.73. The van der Waals surface area contributed by atoms with Crippen LogP contribution in [-0.2, 0) is 10.2 Å². The summed E-state index contributed by atoms with van der Waals surface area (Å²) in [6.07, 6.45) is 1.88. The van der Waals surface area contributed by atoms with Crippen LogP contribution in [0.25, 0.3) is 0 Å². The number of carboxylic acid groups (broad SMARTS) is 1. The molecule has 0 saturated heterocycles. The summed E-state index contributed by atoms with van der Waals surface area (Å²) in [5, 5.41) is 19.3. The van der Waals surface area contributed by atoms with Gasteiger partial charge in [0.15, 0.2) is 11.5 Å². The van der Waals surface area contributed by atoms with E-state index < -0.39 is 23.0 Å². The van der Waals surface area contributed by atoms with Crippen molar-refractivity contribution in [2.75, 3.05) is 7.11 Å². The van der Waals surface area contributed by atoms with Crippen molar-refractivity contribution in [2.45, 2.75) is 31.1 Å². The number of halogens is 2. The zero-order chi connectivity index (χ0) is 14.2. The molecule has 0 amide bonds. The Kier molecular flexibility index (Phi) is 3.58. The zero-order valence-electron chi connectivity index (χ0n) is 10.4. The van der Waals surface area contributed by atoms with Crippen LogP contribution in [0.15, 0.2) is 6.07 Å². The van der Waals surface area contributed by atoms with Crippen LogP contribution in [0.4, 0.5) is 4.39 Å². The molecule has 2 rings (SSSR count). The number of ether oxygens (including phenoxy) is 1. The van der Waals surface area contributed by atoms with Gasteiger partial charge >= 0.3 is 5.97 Å². The number of aromatic hydroxyl groups is 1. The van der Waals surface area contributed by atoms with Gasteiger partial charge in [-0.3, -0.25) is 4.79 Å². The quantitative estimate of drug-likeness (QED) is 0.897. The number of phenolic OH excluding ortho intramolecular Hbond substituents is 1. The van der Waals surface area contributed by atoms with E-state index in [1.165, 1.54) is 7.11 Å². The molecule has 104 valence electrons. The molecule has 1 saturated carbocycles. The molecule has 0 bridgehead atoms. The lowest BCUT2D eigenvalue weighted by molar-refractivity contribution is -0.143. The summed E-state index contributed by atoms with van der Waals surface area (Å²) in [6.45, 7) is 0. The van der Waals surface area contributed by atoms with Gasteiger partial charge in [-0.25, -0.2) is 4.39 Å². The summed E-state index contributed by atoms with van der Waals surface area (Å²) in [7, 11) is 1.30. The van der Waals surface area contributed by atoms with Crippen LogP contribution in [0.1, 0.15) is 31.2 Å². The number of carbonyl (C=O) groups is 1.